The Kier molecular flexibility index (Phi) is 5.09. The Labute approximate surface area is 167 Å². The van der Waals surface area contributed by atoms with Crippen LogP contribution < -0.4 is 0 Å². The van der Waals surface area contributed by atoms with Crippen LogP contribution in [0.25, 0.3) is 11.2 Å². The molecule has 146 valence electrons. The van der Waals surface area contributed by atoms with Crippen molar-refractivity contribution in [3.05, 3.63) is 58.3 Å². The fourth-order valence-corrected chi connectivity index (χ4v) is 3.89. The van der Waals surface area contributed by atoms with Crippen LogP contribution in [-0.2, 0) is 11.2 Å². The van der Waals surface area contributed by atoms with Crippen molar-refractivity contribution in [3.8, 4) is 0 Å². The Morgan fingerprint density at radius 1 is 1.18 bits per heavy atom. The van der Waals surface area contributed by atoms with Gasteiger partial charge in [0.15, 0.2) is 0 Å². The van der Waals surface area contributed by atoms with Gasteiger partial charge in [0, 0.05) is 0 Å². The number of aromatic nitrogens is 4. The van der Waals surface area contributed by atoms with Crippen LogP contribution in [0.4, 0.5) is 5.69 Å². The van der Waals surface area contributed by atoms with Gasteiger partial charge >= 0.3 is 146 Å². The molecule has 3 aromatic rings. The van der Waals surface area contributed by atoms with Crippen molar-refractivity contribution in [2.24, 2.45) is 0 Å². The van der Waals surface area contributed by atoms with E-state index in [9.17, 15) is 20.3 Å². The van der Waals surface area contributed by atoms with Gasteiger partial charge < -0.3 is 0 Å². The van der Waals surface area contributed by atoms with Crippen molar-refractivity contribution >= 4 is 32.9 Å². The summed E-state index contributed by atoms with van der Waals surface area (Å²) in [4.78, 5) is 23.3. The summed E-state index contributed by atoms with van der Waals surface area (Å²) in [6.07, 6.45) is -0.0547. The molecule has 1 saturated heterocycles. The van der Waals surface area contributed by atoms with Gasteiger partial charge in [-0.25, -0.2) is 0 Å². The molecule has 1 aliphatic heterocycles. The van der Waals surface area contributed by atoms with Crippen molar-refractivity contribution in [1.29, 1.82) is 0 Å². The van der Waals surface area contributed by atoms with Gasteiger partial charge in [-0.2, -0.15) is 0 Å². The van der Waals surface area contributed by atoms with E-state index < -0.39 is 29.5 Å². The molecule has 11 heteroatoms. The summed E-state index contributed by atoms with van der Waals surface area (Å²) in [5.74, 6) is 0. The average molecular weight is 450 g/mol. The van der Waals surface area contributed by atoms with Crippen LogP contribution in [0.5, 0.6) is 0 Å². The molecule has 0 amide bonds. The van der Waals surface area contributed by atoms with Gasteiger partial charge in [-0.15, -0.1) is 0 Å². The third kappa shape index (κ3) is 3.27. The molecule has 0 unspecified atom stereocenters. The molecule has 2 aromatic heterocycles. The van der Waals surface area contributed by atoms with E-state index in [2.05, 4.69) is 31.0 Å². The number of non-ortho nitro benzene ring substituents is 1. The number of nitro benzene ring substituents is 1. The van der Waals surface area contributed by atoms with Gasteiger partial charge in [-0.1, -0.05) is 0 Å². The predicted molar refractivity (Wildman–Crippen MR) is 99.1 cm³/mol. The Morgan fingerprint density at radius 3 is 2.57 bits per heavy atom. The normalized spacial score (nSPS) is 24.7. The van der Waals surface area contributed by atoms with Crippen LogP contribution in [0.2, 0.25) is 5.32 Å². The van der Waals surface area contributed by atoms with E-state index in [0.717, 1.165) is 5.56 Å². The number of benzene rings is 1. The van der Waals surface area contributed by atoms with Gasteiger partial charge in [-0.05, 0) is 0 Å². The minimum atomic E-state index is -1.10. The quantitative estimate of drug-likeness (QED) is 0.321. The van der Waals surface area contributed by atoms with E-state index in [0.29, 0.717) is 28.6 Å². The predicted octanol–water partition coefficient (Wildman–Crippen LogP) is 0.264. The molecule has 0 radical (unpaired) electrons. The molecule has 3 heterocycles. The Balaban J connectivity index is 1.65. The second-order valence-electron chi connectivity index (χ2n) is 6.47. The maximum atomic E-state index is 10.8. The number of hydrogen-bond acceptors (Lipinski definition) is 8. The summed E-state index contributed by atoms with van der Waals surface area (Å²) in [7, 11) is 0. The van der Waals surface area contributed by atoms with Gasteiger partial charge in [0.25, 0.3) is 5.69 Å². The summed E-state index contributed by atoms with van der Waals surface area (Å²) < 4.78 is 7.35. The minimum absolute atomic E-state index is 0.0240. The molecule has 0 spiro atoms. The summed E-state index contributed by atoms with van der Waals surface area (Å²) in [6.45, 7) is 0. The molecule has 0 bridgehead atoms. The fourth-order valence-electron chi connectivity index (χ4n) is 3.25. The van der Waals surface area contributed by atoms with Gasteiger partial charge in [0.2, 0.25) is 0 Å². The van der Waals surface area contributed by atoms with E-state index in [4.69, 9.17) is 4.74 Å². The van der Waals surface area contributed by atoms with Crippen LogP contribution in [-0.4, -0.2) is 69.0 Å². The first-order valence-corrected chi connectivity index (χ1v) is 9.84. The fraction of sp³-hybridized carbons (Fsp3) is 0.353. The Hall–Kier alpha value is -2.43. The van der Waals surface area contributed by atoms with Crippen LogP contribution in [0.15, 0.2) is 36.9 Å². The molecule has 0 saturated carbocycles. The van der Waals surface area contributed by atoms with E-state index >= 15 is 0 Å². The molecule has 1 fully saturated rings. The number of imidazole rings is 1. The van der Waals surface area contributed by atoms with Crippen LogP contribution in [0.3, 0.4) is 0 Å². The van der Waals surface area contributed by atoms with Crippen LogP contribution in [0, 0.1) is 10.1 Å². The molecular weight excluding hydrogens is 433 g/mol. The molecule has 4 atom stereocenters. The number of nitrogens with zero attached hydrogens (tertiary/aromatic N) is 5. The van der Waals surface area contributed by atoms with Crippen molar-refractivity contribution < 1.29 is 19.9 Å². The zero-order valence-electron chi connectivity index (χ0n) is 14.5. The first kappa shape index (κ1) is 18.9. The second-order valence-corrected chi connectivity index (χ2v) is 7.24. The molecule has 1 aliphatic rings. The van der Waals surface area contributed by atoms with E-state index in [1.54, 1.807) is 16.7 Å². The first-order chi connectivity index (χ1) is 13.5. The number of rotatable bonds is 5. The van der Waals surface area contributed by atoms with Crippen molar-refractivity contribution in [2.45, 2.75) is 36.3 Å². The molecule has 0 aliphatic carbocycles. The second kappa shape index (κ2) is 7.53. The maximum absolute atomic E-state index is 10.8. The Morgan fingerprint density at radius 2 is 1.93 bits per heavy atom. The molecule has 28 heavy (non-hydrogen) atoms. The van der Waals surface area contributed by atoms with E-state index in [-0.39, 0.29) is 5.69 Å². The van der Waals surface area contributed by atoms with Crippen molar-refractivity contribution in [2.75, 3.05) is 0 Å². The standard InChI is InChI=1S/C17H17N5O5Se/c23-14-12(6-28)27-17(15(14)24)21-8-20-13-11(18-7-19-16(13)21)5-9-1-3-10(4-2-9)22(25)26/h1-4,7-8,12,14-15,17,23-24,28H,5-6H2/t12-,14-,15-,17-/m1/s1. The average Bonchev–Trinajstić information content (AvgIpc) is 3.24. The molecular formula is C17H17N5O5Se. The number of aliphatic hydroxyl groups excluding tert-OH is 2. The van der Waals surface area contributed by atoms with E-state index in [1.165, 1.54) is 24.8 Å². The summed E-state index contributed by atoms with van der Waals surface area (Å²) in [5, 5.41) is 31.7. The SMILES string of the molecule is O=[N+]([O-])c1ccc(Cc2ncnc3c2ncn3[C@@H]2O[C@H](C[SeH])[C@@H](O)[C@H]2O)cc1. The molecule has 1 aromatic carbocycles. The van der Waals surface area contributed by atoms with E-state index in [1.807, 2.05) is 0 Å². The zero-order valence-corrected chi connectivity index (χ0v) is 16.4. The number of fused-ring (bicyclic) bond motifs is 1. The zero-order chi connectivity index (χ0) is 19.8. The summed E-state index contributed by atoms with van der Waals surface area (Å²) in [5.41, 5.74) is 2.54. The monoisotopic (exact) mass is 451 g/mol. The molecule has 2 N–H and O–H groups in total. The number of aliphatic hydroxyl groups is 2. The summed E-state index contributed by atoms with van der Waals surface area (Å²) >= 11 is 2.34. The summed E-state index contributed by atoms with van der Waals surface area (Å²) in [6, 6.07) is 6.24. The van der Waals surface area contributed by atoms with Gasteiger partial charge in [0.1, 0.15) is 0 Å². The van der Waals surface area contributed by atoms with Gasteiger partial charge in [-0.3, -0.25) is 10.1 Å². The Bertz CT molecular complexity index is 1010. The first-order valence-electron chi connectivity index (χ1n) is 8.51. The molecule has 10 nitrogen and oxygen atoms in total. The van der Waals surface area contributed by atoms with Crippen LogP contribution in [0.1, 0.15) is 17.5 Å². The third-order valence-electron chi connectivity index (χ3n) is 4.74. The van der Waals surface area contributed by atoms with Crippen molar-refractivity contribution in [1.82, 2.24) is 19.5 Å². The number of hydrogen-bond donors (Lipinski definition) is 2. The molecule has 4 rings (SSSR count). The number of nitro groups is 1. The topological polar surface area (TPSA) is 136 Å². The van der Waals surface area contributed by atoms with Crippen LogP contribution >= 0.6 is 0 Å². The van der Waals surface area contributed by atoms with Gasteiger partial charge in [0.05, 0.1) is 4.92 Å². The number of ether oxygens (including phenoxy) is 1. The van der Waals surface area contributed by atoms with Crippen molar-refractivity contribution in [3.63, 3.8) is 0 Å². The third-order valence-corrected chi connectivity index (χ3v) is 5.50.